The van der Waals surface area contributed by atoms with Crippen LogP contribution < -0.4 is 9.67 Å². The van der Waals surface area contributed by atoms with Crippen LogP contribution >= 0.6 is 47.1 Å². The van der Waals surface area contributed by atoms with E-state index in [0.29, 0.717) is 32.2 Å². The third-order valence-electron chi connectivity index (χ3n) is 5.50. The van der Waals surface area contributed by atoms with Crippen LogP contribution in [0.25, 0.3) is 0 Å². The average molecular weight is 659 g/mol. The molecule has 2 aliphatic carbocycles. The highest BCUT2D eigenvalue weighted by atomic mass is 35.5. The molecule has 0 bridgehead atoms. The van der Waals surface area contributed by atoms with Gasteiger partial charge in [-0.25, -0.2) is 9.67 Å². The Morgan fingerprint density at radius 2 is 1.24 bits per heavy atom. The first kappa shape index (κ1) is 39.5. The first-order valence-corrected chi connectivity index (χ1v) is 15.8. The molecular formula is C17H36BCl4N3O10S2. The van der Waals surface area contributed by atoms with Crippen LogP contribution in [0.5, 0.6) is 0 Å². The van der Waals surface area contributed by atoms with E-state index in [0.717, 1.165) is 42.5 Å². The Morgan fingerprint density at radius 3 is 1.51 bits per heavy atom. The van der Waals surface area contributed by atoms with Crippen molar-refractivity contribution >= 4 is 81.0 Å². The summed E-state index contributed by atoms with van der Waals surface area (Å²) in [5, 5.41) is 22.2. The third kappa shape index (κ3) is 20.8. The van der Waals surface area contributed by atoms with Crippen molar-refractivity contribution in [3.63, 3.8) is 0 Å². The molecule has 0 amide bonds. The van der Waals surface area contributed by atoms with Gasteiger partial charge >= 0.3 is 13.7 Å². The summed E-state index contributed by atoms with van der Waals surface area (Å²) < 4.78 is 61.5. The van der Waals surface area contributed by atoms with E-state index in [1.54, 1.807) is 0 Å². The van der Waals surface area contributed by atoms with Crippen molar-refractivity contribution in [3.05, 3.63) is 0 Å². The van der Waals surface area contributed by atoms with E-state index in [1.807, 2.05) is 0 Å². The zero-order valence-corrected chi connectivity index (χ0v) is 24.8. The summed E-state index contributed by atoms with van der Waals surface area (Å²) in [6.45, 7) is 0.316. The predicted octanol–water partition coefficient (Wildman–Crippen LogP) is 1.95. The van der Waals surface area contributed by atoms with Crippen molar-refractivity contribution in [2.75, 3.05) is 18.1 Å². The largest absolute Gasteiger partial charge is 0.481 e. The number of nitrogens with one attached hydrogen (secondary N) is 2. The van der Waals surface area contributed by atoms with Gasteiger partial charge in [0.1, 0.15) is 0 Å². The molecule has 20 heteroatoms. The molecule has 0 aromatic rings. The lowest BCUT2D eigenvalue weighted by atomic mass is 9.84. The minimum absolute atomic E-state index is 0.0729. The molecule has 2 rings (SSSR count). The Morgan fingerprint density at radius 1 is 0.838 bits per heavy atom. The number of hydrogen-bond donors (Lipinski definition) is 7. The fourth-order valence-electron chi connectivity index (χ4n) is 3.91. The second kappa shape index (κ2) is 20.2. The molecule has 0 atom stereocenters. The quantitative estimate of drug-likeness (QED) is 0.107. The Kier molecular flexibility index (Phi) is 21.6. The molecule has 37 heavy (non-hydrogen) atoms. The molecule has 222 valence electrons. The summed E-state index contributed by atoms with van der Waals surface area (Å²) in [4.78, 5) is 14.4. The highest BCUT2D eigenvalue weighted by Crippen LogP contribution is 2.37. The number of aliphatic carboxylic acids is 1. The maximum Gasteiger partial charge on any atom is 0.432 e. The summed E-state index contributed by atoms with van der Waals surface area (Å²) in [5.41, 5.74) is -1.43. The molecule has 0 radical (unpaired) electrons. The summed E-state index contributed by atoms with van der Waals surface area (Å²) in [5.74, 6) is -1.52. The van der Waals surface area contributed by atoms with E-state index in [9.17, 15) is 21.6 Å². The molecule has 2 fully saturated rings. The van der Waals surface area contributed by atoms with Crippen LogP contribution in [0.4, 0.5) is 0 Å². The lowest BCUT2D eigenvalue weighted by Crippen LogP contribution is -2.47. The van der Waals surface area contributed by atoms with Gasteiger partial charge in [-0.05, 0) is 72.8 Å². The van der Waals surface area contributed by atoms with E-state index < -0.39 is 50.7 Å². The van der Waals surface area contributed by atoms with Gasteiger partial charge in [-0.2, -0.15) is 16.8 Å². The minimum atomic E-state index is -4.04. The second-order valence-corrected chi connectivity index (χ2v) is 12.8. The zero-order valence-electron chi connectivity index (χ0n) is 20.2. The van der Waals surface area contributed by atoms with Gasteiger partial charge < -0.3 is 15.2 Å². The number of nitrogens with zero attached hydrogens (tertiary/aromatic N) is 1. The summed E-state index contributed by atoms with van der Waals surface area (Å²) >= 11 is 21.7. The lowest BCUT2D eigenvalue weighted by molar-refractivity contribution is -0.136. The number of hydrogen-bond acceptors (Lipinski definition) is 10. The van der Waals surface area contributed by atoms with Gasteiger partial charge in [-0.15, -0.1) is 3.94 Å². The fraction of sp³-hybridized carbons (Fsp3) is 0.941. The molecule has 0 aromatic carbocycles. The topological polar surface area (TPSA) is 214 Å². The van der Waals surface area contributed by atoms with Crippen molar-refractivity contribution in [2.45, 2.75) is 81.7 Å². The molecule has 0 spiro atoms. The number of carboxylic acid groups (broad SMARTS) is 1. The normalized spacial score (nSPS) is 18.6. The van der Waals surface area contributed by atoms with Gasteiger partial charge in [0.25, 0.3) is 20.2 Å². The van der Waals surface area contributed by atoms with E-state index in [-0.39, 0.29) is 12.2 Å². The van der Waals surface area contributed by atoms with Gasteiger partial charge in [0.15, 0.2) is 0 Å². The first-order valence-electron chi connectivity index (χ1n) is 11.2. The Bertz CT molecular complexity index is 829. The highest BCUT2D eigenvalue weighted by Gasteiger charge is 2.41. The van der Waals surface area contributed by atoms with Crippen LogP contribution in [0.2, 0.25) is 0 Å². The Hall–Kier alpha value is 0.315. The average Bonchev–Trinajstić information content (AvgIpc) is 2.78. The molecule has 0 heterocycles. The van der Waals surface area contributed by atoms with Crippen LogP contribution in [-0.4, -0.2) is 87.8 Å². The number of halogens is 4. The van der Waals surface area contributed by atoms with Crippen molar-refractivity contribution in [1.82, 2.24) is 13.6 Å². The number of rotatable bonds is 9. The predicted molar refractivity (Wildman–Crippen MR) is 145 cm³/mol. The summed E-state index contributed by atoms with van der Waals surface area (Å²) in [7, 11) is -8.73. The summed E-state index contributed by atoms with van der Waals surface area (Å²) in [6, 6.07) is 0. The van der Waals surface area contributed by atoms with Gasteiger partial charge in [0.2, 0.25) is 0 Å². The van der Waals surface area contributed by atoms with Crippen molar-refractivity contribution < 1.29 is 45.9 Å². The lowest BCUT2D eigenvalue weighted by Gasteiger charge is -2.37. The molecule has 2 saturated carbocycles. The van der Waals surface area contributed by atoms with E-state index in [4.69, 9.17) is 71.4 Å². The maximum absolute atomic E-state index is 10.8. The fourth-order valence-corrected chi connectivity index (χ4v) is 7.09. The van der Waals surface area contributed by atoms with Crippen LogP contribution in [0.3, 0.4) is 0 Å². The first-order chi connectivity index (χ1) is 17.0. The van der Waals surface area contributed by atoms with Crippen LogP contribution in [0.15, 0.2) is 0 Å². The van der Waals surface area contributed by atoms with Crippen molar-refractivity contribution in [3.8, 4) is 0 Å². The van der Waals surface area contributed by atoms with E-state index in [1.165, 1.54) is 0 Å². The number of carboxylic acids is 1. The molecule has 13 nitrogen and oxygen atoms in total. The smallest absolute Gasteiger partial charge is 0.432 e. The van der Waals surface area contributed by atoms with E-state index >= 15 is 0 Å². The monoisotopic (exact) mass is 657 g/mol. The van der Waals surface area contributed by atoms with Crippen LogP contribution in [0.1, 0.15) is 70.6 Å². The number of carbonyl (C=O) groups is 1. The highest BCUT2D eigenvalue weighted by molar-refractivity contribution is 7.86. The second-order valence-electron chi connectivity index (χ2n) is 8.57. The zero-order chi connectivity index (χ0) is 29.2. The van der Waals surface area contributed by atoms with Gasteiger partial charge in [0, 0.05) is 12.1 Å². The summed E-state index contributed by atoms with van der Waals surface area (Å²) in [6.07, 6.45) is 8.50. The maximum atomic E-state index is 10.8. The third-order valence-corrected chi connectivity index (χ3v) is 8.62. The molecule has 0 unspecified atom stereocenters. The van der Waals surface area contributed by atoms with Crippen molar-refractivity contribution in [1.29, 1.82) is 0 Å². The molecule has 0 aliphatic heterocycles. The van der Waals surface area contributed by atoms with Crippen molar-refractivity contribution in [2.24, 2.45) is 0 Å². The molecule has 7 N–H and O–H groups in total. The van der Waals surface area contributed by atoms with Crippen LogP contribution in [0, 0.1) is 0 Å². The van der Waals surface area contributed by atoms with E-state index in [2.05, 4.69) is 9.67 Å². The van der Waals surface area contributed by atoms with Gasteiger partial charge in [-0.1, -0.05) is 38.5 Å². The standard InChI is InChI=1S/C7H13Cl2NO3S.C7H14ClNO3S.C3H6ClNO2.BH3O2/c8-10(9)7(6-14(11,12)13)4-2-1-3-5-7;8-9-7(6-13(10,11)12)4-2-1-3-5-7;4-5-2-1-3(6)7;2-1-3/h1-6H2,(H,11,12,13);9H,1-6H2,(H,10,11,12);5H,1-2H2,(H,6,7);1-3H. The Labute approximate surface area is 239 Å². The minimum Gasteiger partial charge on any atom is -0.481 e. The van der Waals surface area contributed by atoms with Gasteiger partial charge in [-0.3, -0.25) is 13.9 Å². The molecule has 2 aliphatic rings. The molecular weight excluding hydrogens is 623 g/mol. The Balaban J connectivity index is 0. The molecule has 0 saturated heterocycles. The molecule has 0 aromatic heterocycles. The SMILES string of the molecule is O=C(O)CCNCl.O=S(=O)(O)CC1(N(Cl)Cl)CCCCC1.O=S(=O)(O)CC1(NCl)CCCCC1.OBO. The van der Waals surface area contributed by atoms with Gasteiger partial charge in [0.05, 0.1) is 23.5 Å². The van der Waals surface area contributed by atoms with Crippen LogP contribution in [-0.2, 0) is 25.0 Å².